The quantitative estimate of drug-likeness (QED) is 0.128. The first-order valence-electron chi connectivity index (χ1n) is 15.4. The first-order chi connectivity index (χ1) is 23.0. The number of para-hydroxylation sites is 2. The molecule has 0 spiro atoms. The van der Waals surface area contributed by atoms with Gasteiger partial charge in [0.1, 0.15) is 18.3 Å². The minimum Gasteiger partial charge on any atom is -0.492 e. The van der Waals surface area contributed by atoms with E-state index in [1.54, 1.807) is 61.5 Å². The maximum Gasteiger partial charge on any atom is 0.264 e. The Hall–Kier alpha value is -3.70. The molecule has 1 N–H and O–H groups in total. The highest BCUT2D eigenvalue weighted by Gasteiger charge is 2.36. The van der Waals surface area contributed by atoms with E-state index in [0.29, 0.717) is 15.6 Å². The molecule has 1 unspecified atom stereocenters. The number of ether oxygens (including phenoxy) is 1. The average molecular weight is 729 g/mol. The van der Waals surface area contributed by atoms with Crippen LogP contribution < -0.4 is 14.4 Å². The van der Waals surface area contributed by atoms with E-state index >= 15 is 0 Å². The summed E-state index contributed by atoms with van der Waals surface area (Å²) in [6.45, 7) is 4.93. The Morgan fingerprint density at radius 3 is 2.10 bits per heavy atom. The van der Waals surface area contributed by atoms with Crippen molar-refractivity contribution < 1.29 is 22.7 Å². The molecule has 1 atom stereocenters. The van der Waals surface area contributed by atoms with E-state index in [2.05, 4.69) is 5.32 Å². The second kappa shape index (κ2) is 17.1. The van der Waals surface area contributed by atoms with Crippen LogP contribution in [0.2, 0.25) is 10.0 Å². The number of anilines is 1. The molecule has 8 nitrogen and oxygen atoms in total. The molecule has 4 aromatic rings. The lowest BCUT2D eigenvalue weighted by atomic mass is 10.0. The van der Waals surface area contributed by atoms with Crippen LogP contribution in [0.3, 0.4) is 0 Å². The summed E-state index contributed by atoms with van der Waals surface area (Å²) in [5.74, 6) is -0.750. The first-order valence-corrected chi connectivity index (χ1v) is 18.8. The largest absolute Gasteiger partial charge is 0.492 e. The number of amides is 2. The molecule has 12 heteroatoms. The van der Waals surface area contributed by atoms with E-state index in [1.165, 1.54) is 28.8 Å². The Balaban J connectivity index is 1.87. The fourth-order valence-electron chi connectivity index (χ4n) is 5.12. The molecule has 0 saturated heterocycles. The molecule has 0 aliphatic heterocycles. The van der Waals surface area contributed by atoms with Crippen LogP contribution in [0.5, 0.6) is 5.75 Å². The number of carbonyl (C=O) groups excluding carboxylic acids is 2. The van der Waals surface area contributed by atoms with E-state index in [-0.39, 0.29) is 41.9 Å². The molecular weight excluding hydrogens is 689 g/mol. The molecule has 0 fully saturated rings. The van der Waals surface area contributed by atoms with Gasteiger partial charge in [0.25, 0.3) is 10.0 Å². The van der Waals surface area contributed by atoms with Crippen molar-refractivity contribution in [2.45, 2.75) is 55.6 Å². The van der Waals surface area contributed by atoms with Crippen LogP contribution >= 0.6 is 35.0 Å². The van der Waals surface area contributed by atoms with Crippen molar-refractivity contribution in [2.75, 3.05) is 23.7 Å². The number of nitrogens with one attached hydrogen (secondary N) is 1. The average Bonchev–Trinajstić information content (AvgIpc) is 3.07. The van der Waals surface area contributed by atoms with Crippen molar-refractivity contribution in [1.82, 2.24) is 10.2 Å². The number of thioether (sulfide) groups is 1. The Morgan fingerprint density at radius 2 is 1.50 bits per heavy atom. The van der Waals surface area contributed by atoms with Crippen LogP contribution in [-0.2, 0) is 32.6 Å². The maximum atomic E-state index is 14.7. The molecule has 48 heavy (non-hydrogen) atoms. The molecule has 0 saturated carbocycles. The Bertz CT molecular complexity index is 1790. The second-order valence-corrected chi connectivity index (χ2v) is 14.7. The van der Waals surface area contributed by atoms with Crippen molar-refractivity contribution in [1.29, 1.82) is 0 Å². The molecule has 0 aliphatic carbocycles. The summed E-state index contributed by atoms with van der Waals surface area (Å²) in [4.78, 5) is 30.9. The molecule has 0 aromatic heterocycles. The third kappa shape index (κ3) is 9.25. The van der Waals surface area contributed by atoms with Gasteiger partial charge < -0.3 is 15.0 Å². The molecule has 0 radical (unpaired) electrons. The van der Waals surface area contributed by atoms with Gasteiger partial charge in [0.2, 0.25) is 11.8 Å². The molecular formula is C36H39Cl2N3O5S2. The molecule has 2 amide bonds. The smallest absolute Gasteiger partial charge is 0.264 e. The number of rotatable bonds is 15. The zero-order valence-electron chi connectivity index (χ0n) is 27.2. The third-order valence-corrected chi connectivity index (χ3v) is 10.7. The van der Waals surface area contributed by atoms with Crippen LogP contribution in [-0.4, -0.2) is 56.6 Å². The Morgan fingerprint density at radius 1 is 0.875 bits per heavy atom. The first kappa shape index (κ1) is 37.1. The second-order valence-electron chi connectivity index (χ2n) is 11.2. The van der Waals surface area contributed by atoms with E-state index in [1.807, 2.05) is 50.4 Å². The molecule has 254 valence electrons. The summed E-state index contributed by atoms with van der Waals surface area (Å²) in [5.41, 5.74) is 1.43. The monoisotopic (exact) mass is 727 g/mol. The predicted octanol–water partition coefficient (Wildman–Crippen LogP) is 7.47. The Labute approximate surface area is 297 Å². The zero-order valence-corrected chi connectivity index (χ0v) is 30.4. The van der Waals surface area contributed by atoms with Crippen LogP contribution in [0.4, 0.5) is 5.69 Å². The standard InChI is InChI=1S/C36H39Cl2N3O5S2/c1-5-46-34-17-10-9-16-32(34)41(48(44,45)28-20-18-27(47-4)19-21-28)24-35(42)40(23-29-30(37)14-11-15-31(29)38)33(36(43)39-25(2)3)22-26-12-7-6-8-13-26/h6-21,25,33H,5,22-24H2,1-4H3,(H,39,43). The molecule has 0 bridgehead atoms. The molecule has 4 rings (SSSR count). The van der Waals surface area contributed by atoms with Gasteiger partial charge in [0.15, 0.2) is 0 Å². The molecule has 4 aromatic carbocycles. The van der Waals surface area contributed by atoms with E-state index in [9.17, 15) is 18.0 Å². The lowest BCUT2D eigenvalue weighted by molar-refractivity contribution is -0.140. The van der Waals surface area contributed by atoms with E-state index in [4.69, 9.17) is 27.9 Å². The summed E-state index contributed by atoms with van der Waals surface area (Å²) >= 11 is 14.7. The SMILES string of the molecule is CCOc1ccccc1N(CC(=O)N(Cc1c(Cl)cccc1Cl)C(Cc1ccccc1)C(=O)NC(C)C)S(=O)(=O)c1ccc(SC)cc1. The minimum absolute atomic E-state index is 0.00140. The zero-order chi connectivity index (χ0) is 34.8. The number of hydrogen-bond acceptors (Lipinski definition) is 6. The normalized spacial score (nSPS) is 12.0. The third-order valence-electron chi connectivity index (χ3n) is 7.45. The van der Waals surface area contributed by atoms with Gasteiger partial charge in [-0.15, -0.1) is 11.8 Å². The van der Waals surface area contributed by atoms with E-state index < -0.39 is 34.4 Å². The molecule has 0 heterocycles. The number of hydrogen-bond donors (Lipinski definition) is 1. The fraction of sp³-hybridized carbons (Fsp3) is 0.278. The highest BCUT2D eigenvalue weighted by molar-refractivity contribution is 7.98. The van der Waals surface area contributed by atoms with Crippen LogP contribution in [0, 0.1) is 0 Å². The summed E-state index contributed by atoms with van der Waals surface area (Å²) in [5, 5.41) is 3.56. The number of benzene rings is 4. The van der Waals surface area contributed by atoms with Gasteiger partial charge in [0, 0.05) is 39.5 Å². The van der Waals surface area contributed by atoms with Crippen molar-refractivity contribution in [3.63, 3.8) is 0 Å². The van der Waals surface area contributed by atoms with Gasteiger partial charge in [-0.1, -0.05) is 71.7 Å². The van der Waals surface area contributed by atoms with Crippen LogP contribution in [0.1, 0.15) is 31.9 Å². The van der Waals surface area contributed by atoms with Crippen molar-refractivity contribution >= 4 is 62.5 Å². The lowest BCUT2D eigenvalue weighted by Gasteiger charge is -2.34. The van der Waals surface area contributed by atoms with Crippen molar-refractivity contribution in [2.24, 2.45) is 0 Å². The van der Waals surface area contributed by atoms with Gasteiger partial charge in [-0.2, -0.15) is 0 Å². The predicted molar refractivity (Wildman–Crippen MR) is 195 cm³/mol. The Kier molecular flexibility index (Phi) is 13.2. The van der Waals surface area contributed by atoms with Crippen LogP contribution in [0.15, 0.2) is 107 Å². The van der Waals surface area contributed by atoms with E-state index in [0.717, 1.165) is 14.8 Å². The van der Waals surface area contributed by atoms with Gasteiger partial charge in [-0.05, 0) is 81.1 Å². The number of nitrogens with zero attached hydrogens (tertiary/aromatic N) is 2. The minimum atomic E-state index is -4.32. The highest BCUT2D eigenvalue weighted by atomic mass is 35.5. The number of halogens is 2. The van der Waals surface area contributed by atoms with Crippen LogP contribution in [0.25, 0.3) is 0 Å². The van der Waals surface area contributed by atoms with Gasteiger partial charge in [-0.3, -0.25) is 13.9 Å². The lowest BCUT2D eigenvalue weighted by Crippen LogP contribution is -2.54. The van der Waals surface area contributed by atoms with Gasteiger partial charge in [0.05, 0.1) is 17.2 Å². The van der Waals surface area contributed by atoms with Gasteiger partial charge >= 0.3 is 0 Å². The highest BCUT2D eigenvalue weighted by Crippen LogP contribution is 2.34. The molecule has 0 aliphatic rings. The number of sulfonamides is 1. The van der Waals surface area contributed by atoms with Gasteiger partial charge in [-0.25, -0.2) is 8.42 Å². The topological polar surface area (TPSA) is 96.0 Å². The number of carbonyl (C=O) groups is 2. The fourth-order valence-corrected chi connectivity index (χ4v) is 7.47. The summed E-state index contributed by atoms with van der Waals surface area (Å²) < 4.78 is 35.7. The summed E-state index contributed by atoms with van der Waals surface area (Å²) in [7, 11) is -4.32. The summed E-state index contributed by atoms with van der Waals surface area (Å²) in [6, 6.07) is 26.1. The summed E-state index contributed by atoms with van der Waals surface area (Å²) in [6.07, 6.45) is 2.06. The van der Waals surface area contributed by atoms with Crippen molar-refractivity contribution in [3.05, 3.63) is 118 Å². The van der Waals surface area contributed by atoms with Crippen molar-refractivity contribution in [3.8, 4) is 5.75 Å². The maximum absolute atomic E-state index is 14.7.